The number of thiazole rings is 1. The molecule has 1 heterocycles. The van der Waals surface area contributed by atoms with Gasteiger partial charge in [0.25, 0.3) is 0 Å². The van der Waals surface area contributed by atoms with Crippen molar-refractivity contribution in [3.8, 4) is 0 Å². The third-order valence-corrected chi connectivity index (χ3v) is 3.43. The highest BCUT2D eigenvalue weighted by Gasteiger charge is 2.10. The summed E-state index contributed by atoms with van der Waals surface area (Å²) in [4.78, 5) is 18.0. The van der Waals surface area contributed by atoms with Crippen LogP contribution in [0.2, 0.25) is 0 Å². The van der Waals surface area contributed by atoms with Gasteiger partial charge < -0.3 is 10.2 Å². The summed E-state index contributed by atoms with van der Waals surface area (Å²) in [5, 5.41) is 6.37. The molecule has 0 aliphatic heterocycles. The van der Waals surface area contributed by atoms with Crippen LogP contribution in [-0.4, -0.2) is 35.4 Å². The van der Waals surface area contributed by atoms with Gasteiger partial charge in [0.15, 0.2) is 0 Å². The maximum atomic E-state index is 11.9. The summed E-state index contributed by atoms with van der Waals surface area (Å²) in [5.41, 5.74) is 0.980. The molecule has 1 amide bonds. The largest absolute Gasteiger partial charge is 0.340 e. The van der Waals surface area contributed by atoms with E-state index in [1.54, 1.807) is 16.2 Å². The first-order chi connectivity index (χ1) is 8.49. The van der Waals surface area contributed by atoms with Crippen LogP contribution in [0.5, 0.6) is 0 Å². The standard InChI is InChI=1S/C13H23N3OS/c1-10(2)14-7-5-6-13(17)16(4)8-12-9-18-11(3)15-12/h9-10,14H,5-8H2,1-4H3. The average molecular weight is 269 g/mol. The summed E-state index contributed by atoms with van der Waals surface area (Å²) in [6, 6.07) is 0.482. The summed E-state index contributed by atoms with van der Waals surface area (Å²) in [6.45, 7) is 7.71. The molecule has 4 nitrogen and oxygen atoms in total. The van der Waals surface area contributed by atoms with Crippen molar-refractivity contribution in [1.82, 2.24) is 15.2 Å². The van der Waals surface area contributed by atoms with E-state index in [1.165, 1.54) is 0 Å². The fourth-order valence-corrected chi connectivity index (χ4v) is 2.24. The van der Waals surface area contributed by atoms with Gasteiger partial charge in [-0.2, -0.15) is 0 Å². The molecule has 0 saturated carbocycles. The third-order valence-electron chi connectivity index (χ3n) is 2.61. The van der Waals surface area contributed by atoms with E-state index < -0.39 is 0 Å². The predicted octanol–water partition coefficient (Wildman–Crippen LogP) is 2.19. The molecule has 0 unspecified atom stereocenters. The summed E-state index contributed by atoms with van der Waals surface area (Å²) in [5.74, 6) is 0.186. The maximum Gasteiger partial charge on any atom is 0.222 e. The van der Waals surface area contributed by atoms with E-state index in [9.17, 15) is 4.79 Å². The van der Waals surface area contributed by atoms with Crippen molar-refractivity contribution in [1.29, 1.82) is 0 Å². The van der Waals surface area contributed by atoms with Gasteiger partial charge in [-0.3, -0.25) is 4.79 Å². The zero-order valence-corrected chi connectivity index (χ0v) is 12.5. The van der Waals surface area contributed by atoms with Crippen molar-refractivity contribution in [3.63, 3.8) is 0 Å². The number of hydrogen-bond donors (Lipinski definition) is 1. The smallest absolute Gasteiger partial charge is 0.222 e. The van der Waals surface area contributed by atoms with Crippen LogP contribution in [0.1, 0.15) is 37.4 Å². The molecule has 0 spiro atoms. The molecule has 0 saturated heterocycles. The fourth-order valence-electron chi connectivity index (χ4n) is 1.63. The van der Waals surface area contributed by atoms with E-state index in [4.69, 9.17) is 0 Å². The Hall–Kier alpha value is -0.940. The lowest BCUT2D eigenvalue weighted by atomic mass is 10.2. The minimum atomic E-state index is 0.186. The first-order valence-corrected chi connectivity index (χ1v) is 7.25. The normalized spacial score (nSPS) is 10.9. The van der Waals surface area contributed by atoms with Crippen molar-refractivity contribution in [3.05, 3.63) is 16.1 Å². The highest BCUT2D eigenvalue weighted by atomic mass is 32.1. The quantitative estimate of drug-likeness (QED) is 0.772. The zero-order valence-electron chi connectivity index (χ0n) is 11.7. The number of carbonyl (C=O) groups is 1. The monoisotopic (exact) mass is 269 g/mol. The van der Waals surface area contributed by atoms with Crippen molar-refractivity contribution in [2.24, 2.45) is 0 Å². The van der Waals surface area contributed by atoms with Gasteiger partial charge in [-0.1, -0.05) is 13.8 Å². The number of aryl methyl sites for hydroxylation is 1. The molecule has 1 rings (SSSR count). The van der Waals surface area contributed by atoms with Crippen molar-refractivity contribution in [2.45, 2.75) is 46.2 Å². The molecular weight excluding hydrogens is 246 g/mol. The van der Waals surface area contributed by atoms with Crippen LogP contribution in [0.15, 0.2) is 5.38 Å². The van der Waals surface area contributed by atoms with Gasteiger partial charge in [0, 0.05) is 24.9 Å². The Balaban J connectivity index is 2.24. The van der Waals surface area contributed by atoms with Gasteiger partial charge in [-0.05, 0) is 19.9 Å². The molecule has 5 heteroatoms. The zero-order chi connectivity index (χ0) is 13.5. The second-order valence-corrected chi connectivity index (χ2v) is 5.88. The lowest BCUT2D eigenvalue weighted by Gasteiger charge is -2.16. The second-order valence-electron chi connectivity index (χ2n) is 4.82. The average Bonchev–Trinajstić information content (AvgIpc) is 2.69. The highest BCUT2D eigenvalue weighted by Crippen LogP contribution is 2.10. The molecule has 102 valence electrons. The molecular formula is C13H23N3OS. The lowest BCUT2D eigenvalue weighted by Crippen LogP contribution is -2.28. The van der Waals surface area contributed by atoms with E-state index in [-0.39, 0.29) is 5.91 Å². The third kappa shape index (κ3) is 5.60. The fraction of sp³-hybridized carbons (Fsp3) is 0.692. The SMILES string of the molecule is Cc1nc(CN(C)C(=O)CCCNC(C)C)cs1. The predicted molar refractivity (Wildman–Crippen MR) is 75.7 cm³/mol. The molecule has 0 aliphatic carbocycles. The van der Waals surface area contributed by atoms with Crippen LogP contribution < -0.4 is 5.32 Å². The molecule has 1 aromatic rings. The summed E-state index contributed by atoms with van der Waals surface area (Å²) < 4.78 is 0. The maximum absolute atomic E-state index is 11.9. The summed E-state index contributed by atoms with van der Waals surface area (Å²) >= 11 is 1.62. The Morgan fingerprint density at radius 3 is 2.83 bits per heavy atom. The Labute approximate surface area is 113 Å². The highest BCUT2D eigenvalue weighted by molar-refractivity contribution is 7.09. The molecule has 1 N–H and O–H groups in total. The molecule has 0 radical (unpaired) electrons. The Kier molecular flexibility index (Phi) is 6.29. The minimum absolute atomic E-state index is 0.186. The Bertz CT molecular complexity index is 376. The molecule has 1 aromatic heterocycles. The summed E-state index contributed by atoms with van der Waals surface area (Å²) in [7, 11) is 1.84. The van der Waals surface area contributed by atoms with Gasteiger partial charge in [0.05, 0.1) is 17.2 Å². The van der Waals surface area contributed by atoms with Gasteiger partial charge in [0.1, 0.15) is 0 Å². The van der Waals surface area contributed by atoms with Gasteiger partial charge in [-0.25, -0.2) is 4.98 Å². The second kappa shape index (κ2) is 7.48. The first-order valence-electron chi connectivity index (χ1n) is 6.37. The molecule has 0 aromatic carbocycles. The topological polar surface area (TPSA) is 45.2 Å². The molecule has 0 aliphatic rings. The van der Waals surface area contributed by atoms with Crippen LogP contribution in [0.3, 0.4) is 0 Å². The van der Waals surface area contributed by atoms with Crippen LogP contribution in [0.4, 0.5) is 0 Å². The van der Waals surface area contributed by atoms with Gasteiger partial charge in [-0.15, -0.1) is 11.3 Å². The first kappa shape index (κ1) is 15.1. The number of carbonyl (C=O) groups excluding carboxylic acids is 1. The lowest BCUT2D eigenvalue weighted by molar-refractivity contribution is -0.130. The van der Waals surface area contributed by atoms with E-state index in [0.29, 0.717) is 19.0 Å². The van der Waals surface area contributed by atoms with Crippen LogP contribution in [0.25, 0.3) is 0 Å². The van der Waals surface area contributed by atoms with E-state index >= 15 is 0 Å². The number of hydrogen-bond acceptors (Lipinski definition) is 4. The number of nitrogens with one attached hydrogen (secondary N) is 1. The van der Waals surface area contributed by atoms with Gasteiger partial charge in [0.2, 0.25) is 5.91 Å². The molecule has 0 bridgehead atoms. The van der Waals surface area contributed by atoms with Crippen molar-refractivity contribution < 1.29 is 4.79 Å². The van der Waals surface area contributed by atoms with E-state index in [0.717, 1.165) is 23.7 Å². The minimum Gasteiger partial charge on any atom is -0.340 e. The van der Waals surface area contributed by atoms with Gasteiger partial charge >= 0.3 is 0 Å². The Morgan fingerprint density at radius 2 is 2.28 bits per heavy atom. The molecule has 0 atom stereocenters. The Morgan fingerprint density at radius 1 is 1.56 bits per heavy atom. The van der Waals surface area contributed by atoms with Crippen molar-refractivity contribution in [2.75, 3.05) is 13.6 Å². The van der Waals surface area contributed by atoms with E-state index in [1.807, 2.05) is 19.4 Å². The van der Waals surface area contributed by atoms with Crippen LogP contribution in [-0.2, 0) is 11.3 Å². The number of nitrogens with zero attached hydrogens (tertiary/aromatic N) is 2. The molecule has 0 fully saturated rings. The number of amides is 1. The summed E-state index contributed by atoms with van der Waals surface area (Å²) in [6.07, 6.45) is 1.48. The van der Waals surface area contributed by atoms with Crippen LogP contribution in [0, 0.1) is 6.92 Å². The number of aromatic nitrogens is 1. The molecule has 18 heavy (non-hydrogen) atoms. The van der Waals surface area contributed by atoms with E-state index in [2.05, 4.69) is 24.1 Å². The number of rotatable bonds is 7. The van der Waals surface area contributed by atoms with Crippen molar-refractivity contribution >= 4 is 17.2 Å². The van der Waals surface area contributed by atoms with Crippen LogP contribution >= 0.6 is 11.3 Å².